The van der Waals surface area contributed by atoms with Gasteiger partial charge in [-0.2, -0.15) is 5.11 Å². The van der Waals surface area contributed by atoms with Crippen molar-refractivity contribution in [2.45, 2.75) is 27.7 Å². The molecule has 0 aliphatic heterocycles. The number of azo groups is 1. The summed E-state index contributed by atoms with van der Waals surface area (Å²) in [5.74, 6) is 10.1. The van der Waals surface area contributed by atoms with Crippen LogP contribution in [0.25, 0.3) is 0 Å². The van der Waals surface area contributed by atoms with E-state index in [9.17, 15) is 0 Å². The number of nitrogens with one attached hydrogen (secondary N) is 1. The van der Waals surface area contributed by atoms with Crippen molar-refractivity contribution in [1.29, 1.82) is 0 Å². The lowest BCUT2D eigenvalue weighted by Crippen LogP contribution is -2.39. The lowest BCUT2D eigenvalue weighted by molar-refractivity contribution is 1.00. The zero-order valence-electron chi connectivity index (χ0n) is 10.7. The van der Waals surface area contributed by atoms with Crippen molar-refractivity contribution in [3.05, 3.63) is 0 Å². The van der Waals surface area contributed by atoms with Gasteiger partial charge in [0.25, 0.3) is 0 Å². The summed E-state index contributed by atoms with van der Waals surface area (Å²) < 4.78 is 0. The van der Waals surface area contributed by atoms with Crippen molar-refractivity contribution < 1.29 is 0 Å². The summed E-state index contributed by atoms with van der Waals surface area (Å²) in [5.41, 5.74) is 2.79. The van der Waals surface area contributed by atoms with E-state index in [-0.39, 0.29) is 0 Å². The number of rotatable bonds is 4. The third-order valence-electron chi connectivity index (χ3n) is 3.89. The fourth-order valence-electron chi connectivity index (χ4n) is 2.17. The van der Waals surface area contributed by atoms with Crippen molar-refractivity contribution in [1.82, 2.24) is 5.43 Å². The number of hydrogen-bond acceptors (Lipinski definition) is 2. The molecule has 0 aliphatic rings. The minimum absolute atomic E-state index is 0.921. The third-order valence-corrected chi connectivity index (χ3v) is 11.2. The van der Waals surface area contributed by atoms with E-state index in [1.807, 2.05) is 0 Å². The number of hydrogen-bond donors (Lipinski definition) is 2. The van der Waals surface area contributed by atoms with Gasteiger partial charge in [0, 0.05) is 7.05 Å². The highest BCUT2D eigenvalue weighted by Crippen LogP contribution is 2.58. The average molecular weight is 234 g/mol. The van der Waals surface area contributed by atoms with Gasteiger partial charge in [-0.25, -0.2) is 14.2 Å². The monoisotopic (exact) mass is 234 g/mol. The molecule has 15 heavy (non-hydrogen) atoms. The number of hydrazine groups is 1. The van der Waals surface area contributed by atoms with Gasteiger partial charge in [-0.3, -0.25) is 5.84 Å². The summed E-state index contributed by atoms with van der Waals surface area (Å²) in [5, 5.41) is 9.03. The van der Waals surface area contributed by atoms with Crippen LogP contribution in [0.2, 0.25) is 0 Å². The van der Waals surface area contributed by atoms with Crippen LogP contribution in [-0.2, 0) is 0 Å². The van der Waals surface area contributed by atoms with E-state index in [1.54, 1.807) is 7.05 Å². The zero-order valence-corrected chi connectivity index (χ0v) is 11.5. The van der Waals surface area contributed by atoms with Crippen LogP contribution in [0.15, 0.2) is 10.2 Å². The molecule has 0 atom stereocenters. The maximum atomic E-state index is 5.62. The Bertz CT molecular complexity index is 256. The molecule has 3 N–H and O–H groups in total. The van der Waals surface area contributed by atoms with E-state index in [1.165, 1.54) is 0 Å². The first-order chi connectivity index (χ1) is 7.08. The summed E-state index contributed by atoms with van der Waals surface area (Å²) in [6.45, 7) is 8.95. The Kier molecular flexibility index (Phi) is 5.62. The first-order valence-electron chi connectivity index (χ1n) is 5.60. The van der Waals surface area contributed by atoms with Crippen LogP contribution in [-0.4, -0.2) is 35.2 Å². The molecule has 0 amide bonds. The molecule has 0 heterocycles. The Labute approximate surface area is 93.6 Å². The minimum atomic E-state index is -1.67. The van der Waals surface area contributed by atoms with Crippen molar-refractivity contribution in [3.8, 4) is 0 Å². The first-order valence-corrected chi connectivity index (χ1v) is 8.31. The topological polar surface area (TPSA) is 62.8 Å². The maximum Gasteiger partial charge on any atom is 0.151 e. The second-order valence-corrected chi connectivity index (χ2v) is 10.0. The molecule has 0 saturated carbocycles. The van der Waals surface area contributed by atoms with Gasteiger partial charge in [0.15, 0.2) is 5.11 Å². The van der Waals surface area contributed by atoms with Crippen molar-refractivity contribution in [3.63, 3.8) is 0 Å². The van der Waals surface area contributed by atoms with E-state index in [0.717, 1.165) is 28.1 Å². The fraction of sp³-hybridized carbons (Fsp3) is 0.900. The van der Waals surface area contributed by atoms with E-state index in [0.29, 0.717) is 0 Å². The lowest BCUT2D eigenvalue weighted by atomic mass is 10.9. The molecular weight excluding hydrogens is 208 g/mol. The standard InChI is InChI=1S/C10H26N4S/c1-6-15(7-2,8-3,9-4)10(13-11)14-12-5/h13H,6-9,11H2,1-5H3. The van der Waals surface area contributed by atoms with Crippen LogP contribution in [0.5, 0.6) is 0 Å². The van der Waals surface area contributed by atoms with Crippen molar-refractivity contribution in [2.75, 3.05) is 30.1 Å². The van der Waals surface area contributed by atoms with Gasteiger partial charge in [-0.15, -0.1) is 5.11 Å². The largest absolute Gasteiger partial charge is 0.265 e. The van der Waals surface area contributed by atoms with Crippen LogP contribution in [0.4, 0.5) is 0 Å². The number of nitrogens with two attached hydrogens (primary N) is 1. The summed E-state index contributed by atoms with van der Waals surface area (Å²) in [6, 6.07) is 0. The third kappa shape index (κ3) is 2.29. The molecule has 0 aromatic heterocycles. The fourth-order valence-corrected chi connectivity index (χ4v) is 6.36. The molecule has 0 aliphatic carbocycles. The second kappa shape index (κ2) is 5.72. The smallest absolute Gasteiger partial charge is 0.151 e. The van der Waals surface area contributed by atoms with Crippen molar-refractivity contribution >= 4 is 13.9 Å². The summed E-state index contributed by atoms with van der Waals surface area (Å²) in [7, 11) is 0.0161. The maximum absolute atomic E-state index is 5.62. The lowest BCUT2D eigenvalue weighted by Gasteiger charge is -2.48. The van der Waals surface area contributed by atoms with E-state index in [2.05, 4.69) is 43.3 Å². The molecule has 0 fully saturated rings. The molecule has 4 nitrogen and oxygen atoms in total. The van der Waals surface area contributed by atoms with Crippen LogP contribution in [0.3, 0.4) is 0 Å². The van der Waals surface area contributed by atoms with E-state index < -0.39 is 8.75 Å². The van der Waals surface area contributed by atoms with Crippen LogP contribution < -0.4 is 11.3 Å². The molecule has 0 aromatic rings. The summed E-state index contributed by atoms with van der Waals surface area (Å²) in [4.78, 5) is 0. The Morgan fingerprint density at radius 3 is 1.67 bits per heavy atom. The molecular formula is C10H26N4S. The molecule has 0 radical (unpaired) electrons. The van der Waals surface area contributed by atoms with Gasteiger partial charge in [0.2, 0.25) is 0 Å². The second-order valence-electron chi connectivity index (χ2n) is 3.71. The quantitative estimate of drug-likeness (QED) is 0.338. The molecule has 0 saturated heterocycles. The number of nitrogens with zero attached hydrogens (tertiary/aromatic N) is 2. The molecule has 92 valence electrons. The summed E-state index contributed by atoms with van der Waals surface area (Å²) in [6.07, 6.45) is 0. The Morgan fingerprint density at radius 1 is 1.07 bits per heavy atom. The highest BCUT2D eigenvalue weighted by atomic mass is 32.3. The van der Waals surface area contributed by atoms with Gasteiger partial charge in [-0.1, -0.05) is 27.7 Å². The SMILES string of the molecule is CCS(CC)(CC)(CC)=C(N=NC)NN. The van der Waals surface area contributed by atoms with Crippen LogP contribution in [0.1, 0.15) is 27.7 Å². The summed E-state index contributed by atoms with van der Waals surface area (Å²) >= 11 is 0. The van der Waals surface area contributed by atoms with Crippen molar-refractivity contribution in [2.24, 2.45) is 16.1 Å². The van der Waals surface area contributed by atoms with Gasteiger partial charge in [0.05, 0.1) is 0 Å². The molecule has 0 bridgehead atoms. The predicted octanol–water partition coefficient (Wildman–Crippen LogP) is 2.04. The van der Waals surface area contributed by atoms with E-state index >= 15 is 0 Å². The highest BCUT2D eigenvalue weighted by Gasteiger charge is 2.31. The predicted molar refractivity (Wildman–Crippen MR) is 72.9 cm³/mol. The van der Waals surface area contributed by atoms with Gasteiger partial charge in [-0.05, 0) is 23.0 Å². The molecule has 0 spiro atoms. The minimum Gasteiger partial charge on any atom is -0.265 e. The van der Waals surface area contributed by atoms with Gasteiger partial charge >= 0.3 is 0 Å². The van der Waals surface area contributed by atoms with Gasteiger partial charge in [0.1, 0.15) is 0 Å². The van der Waals surface area contributed by atoms with Crippen LogP contribution in [0, 0.1) is 0 Å². The Hall–Kier alpha value is -0.260. The normalized spacial score (nSPS) is 15.2. The molecule has 0 aromatic carbocycles. The first kappa shape index (κ1) is 14.7. The molecule has 0 unspecified atom stereocenters. The Morgan fingerprint density at radius 2 is 1.47 bits per heavy atom. The average Bonchev–Trinajstić information content (AvgIpc) is 2.32. The molecule has 5 heteroatoms. The van der Waals surface area contributed by atoms with Gasteiger partial charge < -0.3 is 0 Å². The zero-order chi connectivity index (χ0) is 12.0. The highest BCUT2D eigenvalue weighted by molar-refractivity contribution is 8.47. The van der Waals surface area contributed by atoms with Crippen LogP contribution >= 0.6 is 8.75 Å². The Balaban J connectivity index is 5.99. The van der Waals surface area contributed by atoms with E-state index in [4.69, 9.17) is 5.84 Å². The molecule has 0 rings (SSSR count).